The molecule has 0 saturated heterocycles. The first-order chi connectivity index (χ1) is 9.90. The van der Waals surface area contributed by atoms with Crippen LogP contribution >= 0.6 is 0 Å². The maximum Gasteiger partial charge on any atom is 0.242 e. The lowest BCUT2D eigenvalue weighted by Gasteiger charge is -2.14. The summed E-state index contributed by atoms with van der Waals surface area (Å²) in [6.45, 7) is 6.02. The Hall–Kier alpha value is -1.86. The number of sulfonamides is 1. The summed E-state index contributed by atoms with van der Waals surface area (Å²) in [5, 5.41) is 9.96. The van der Waals surface area contributed by atoms with Gasteiger partial charge in [0.1, 0.15) is 4.90 Å². The van der Waals surface area contributed by atoms with Crippen molar-refractivity contribution in [3.63, 3.8) is 0 Å². The van der Waals surface area contributed by atoms with Crippen molar-refractivity contribution < 1.29 is 8.42 Å². The minimum absolute atomic E-state index is 0.154. The number of aromatic amines is 1. The molecule has 0 bridgehead atoms. The maximum absolute atomic E-state index is 12.3. The highest BCUT2D eigenvalue weighted by molar-refractivity contribution is 7.89. The number of benzene rings is 1. The Bertz CT molecular complexity index is 707. The molecular weight excluding hydrogens is 288 g/mol. The molecule has 2 aromatic rings. The molecule has 0 aliphatic carbocycles. The Morgan fingerprint density at radius 2 is 2.00 bits per heavy atom. The number of aromatic nitrogens is 2. The number of hydrogen-bond acceptors (Lipinski definition) is 4. The predicted octanol–water partition coefficient (Wildman–Crippen LogP) is 2.02. The van der Waals surface area contributed by atoms with E-state index < -0.39 is 10.0 Å². The third-order valence-corrected chi connectivity index (χ3v) is 4.69. The number of nitrogens with zero attached hydrogens (tertiary/aromatic N) is 1. The molecule has 0 radical (unpaired) electrons. The third-order valence-electron chi connectivity index (χ3n) is 2.97. The summed E-state index contributed by atoms with van der Waals surface area (Å²) in [6, 6.07) is 6.71. The molecule has 1 aromatic carbocycles. The van der Waals surface area contributed by atoms with Gasteiger partial charge in [-0.25, -0.2) is 13.1 Å². The van der Waals surface area contributed by atoms with Crippen LogP contribution in [0.2, 0.25) is 0 Å². The molecule has 0 atom stereocenters. The van der Waals surface area contributed by atoms with E-state index in [9.17, 15) is 8.42 Å². The highest BCUT2D eigenvalue weighted by Crippen LogP contribution is 2.21. The quantitative estimate of drug-likeness (QED) is 0.762. The summed E-state index contributed by atoms with van der Waals surface area (Å²) < 4.78 is 27.2. The molecule has 3 N–H and O–H groups in total. The van der Waals surface area contributed by atoms with Crippen LogP contribution in [0.15, 0.2) is 35.4 Å². The van der Waals surface area contributed by atoms with Crippen LogP contribution in [0.3, 0.4) is 0 Å². The van der Waals surface area contributed by atoms with Crippen molar-refractivity contribution in [2.45, 2.75) is 38.3 Å². The van der Waals surface area contributed by atoms with Crippen LogP contribution in [-0.2, 0) is 16.6 Å². The van der Waals surface area contributed by atoms with Gasteiger partial charge in [0.15, 0.2) is 0 Å². The van der Waals surface area contributed by atoms with Gasteiger partial charge in [0.2, 0.25) is 10.0 Å². The van der Waals surface area contributed by atoms with Crippen LogP contribution in [0.1, 0.15) is 25.1 Å². The fourth-order valence-corrected chi connectivity index (χ4v) is 3.40. The van der Waals surface area contributed by atoms with E-state index in [-0.39, 0.29) is 10.9 Å². The second-order valence-corrected chi connectivity index (χ2v) is 6.83. The largest absolute Gasteiger partial charge is 0.380 e. The Kier molecular flexibility index (Phi) is 4.64. The monoisotopic (exact) mass is 308 g/mol. The van der Waals surface area contributed by atoms with Crippen LogP contribution in [0, 0.1) is 6.92 Å². The zero-order valence-corrected chi connectivity index (χ0v) is 13.2. The van der Waals surface area contributed by atoms with Crippen molar-refractivity contribution in [1.82, 2.24) is 14.9 Å². The number of H-pyrrole nitrogens is 1. The normalized spacial score (nSPS) is 11.8. The number of nitrogens with one attached hydrogen (secondary N) is 3. The summed E-state index contributed by atoms with van der Waals surface area (Å²) in [6.07, 6.45) is 1.73. The third kappa shape index (κ3) is 3.83. The average Bonchev–Trinajstić information content (AvgIpc) is 2.81. The van der Waals surface area contributed by atoms with Crippen molar-refractivity contribution in [3.8, 4) is 0 Å². The smallest absolute Gasteiger partial charge is 0.242 e. The molecule has 0 spiro atoms. The molecule has 2 rings (SSSR count). The van der Waals surface area contributed by atoms with Gasteiger partial charge in [0.05, 0.1) is 11.9 Å². The number of para-hydroxylation sites is 1. The van der Waals surface area contributed by atoms with Gasteiger partial charge in [-0.1, -0.05) is 12.1 Å². The van der Waals surface area contributed by atoms with E-state index in [0.717, 1.165) is 11.3 Å². The van der Waals surface area contributed by atoms with Crippen LogP contribution in [0.5, 0.6) is 0 Å². The zero-order valence-electron chi connectivity index (χ0n) is 12.3. The van der Waals surface area contributed by atoms with E-state index >= 15 is 0 Å². The Labute approximate surface area is 125 Å². The van der Waals surface area contributed by atoms with Crippen molar-refractivity contribution in [3.05, 3.63) is 41.7 Å². The minimum Gasteiger partial charge on any atom is -0.380 e. The van der Waals surface area contributed by atoms with E-state index in [1.54, 1.807) is 44.3 Å². The van der Waals surface area contributed by atoms with Gasteiger partial charge < -0.3 is 5.32 Å². The van der Waals surface area contributed by atoms with Crippen LogP contribution in [0.25, 0.3) is 0 Å². The molecule has 6 nitrogen and oxygen atoms in total. The Morgan fingerprint density at radius 3 is 2.62 bits per heavy atom. The van der Waals surface area contributed by atoms with E-state index in [0.29, 0.717) is 12.2 Å². The highest BCUT2D eigenvalue weighted by atomic mass is 32.2. The zero-order chi connectivity index (χ0) is 15.5. The van der Waals surface area contributed by atoms with Crippen LogP contribution in [0.4, 0.5) is 5.69 Å². The van der Waals surface area contributed by atoms with Gasteiger partial charge in [-0.3, -0.25) is 5.10 Å². The summed E-state index contributed by atoms with van der Waals surface area (Å²) >= 11 is 0. The second kappa shape index (κ2) is 6.28. The predicted molar refractivity (Wildman–Crippen MR) is 82.6 cm³/mol. The van der Waals surface area contributed by atoms with E-state index in [4.69, 9.17) is 0 Å². The summed E-state index contributed by atoms with van der Waals surface area (Å²) in [7, 11) is -3.53. The van der Waals surface area contributed by atoms with Gasteiger partial charge in [-0.15, -0.1) is 0 Å². The standard InChI is InChI=1S/C14H20N4O2S/c1-10(2)18-21(19,20)14-7-5-4-6-13(14)15-8-12-9-16-17-11(12)3/h4-7,9-10,15,18H,8H2,1-3H3,(H,16,17). The fourth-order valence-electron chi connectivity index (χ4n) is 1.97. The SMILES string of the molecule is Cc1[nH]ncc1CNc1ccccc1S(=O)(=O)NC(C)C. The molecule has 1 aromatic heterocycles. The first-order valence-corrected chi connectivity index (χ1v) is 8.22. The van der Waals surface area contributed by atoms with Gasteiger partial charge in [0, 0.05) is 23.8 Å². The lowest BCUT2D eigenvalue weighted by molar-refractivity contribution is 0.570. The molecule has 114 valence electrons. The fraction of sp³-hybridized carbons (Fsp3) is 0.357. The molecule has 0 aliphatic heterocycles. The molecule has 7 heteroatoms. The lowest BCUT2D eigenvalue weighted by atomic mass is 10.2. The molecular formula is C14H20N4O2S. The summed E-state index contributed by atoms with van der Waals surface area (Å²) in [5.74, 6) is 0. The van der Waals surface area contributed by atoms with Crippen molar-refractivity contribution in [2.24, 2.45) is 0 Å². The molecule has 1 heterocycles. The average molecular weight is 308 g/mol. The highest BCUT2D eigenvalue weighted by Gasteiger charge is 2.19. The van der Waals surface area contributed by atoms with Gasteiger partial charge in [0.25, 0.3) is 0 Å². The first-order valence-electron chi connectivity index (χ1n) is 6.74. The molecule has 0 aliphatic rings. The maximum atomic E-state index is 12.3. The minimum atomic E-state index is -3.53. The van der Waals surface area contributed by atoms with Gasteiger partial charge >= 0.3 is 0 Å². The van der Waals surface area contributed by atoms with Gasteiger partial charge in [-0.2, -0.15) is 5.10 Å². The van der Waals surface area contributed by atoms with E-state index in [1.807, 2.05) is 6.92 Å². The second-order valence-electron chi connectivity index (χ2n) is 5.15. The molecule has 0 saturated carbocycles. The molecule has 21 heavy (non-hydrogen) atoms. The van der Waals surface area contributed by atoms with Crippen molar-refractivity contribution in [2.75, 3.05) is 5.32 Å². The number of anilines is 1. The van der Waals surface area contributed by atoms with Crippen LogP contribution in [-0.4, -0.2) is 24.7 Å². The first kappa shape index (κ1) is 15.5. The molecule has 0 fully saturated rings. The van der Waals surface area contributed by atoms with Crippen LogP contribution < -0.4 is 10.0 Å². The van der Waals surface area contributed by atoms with Gasteiger partial charge in [-0.05, 0) is 32.9 Å². The Balaban J connectivity index is 2.23. The lowest BCUT2D eigenvalue weighted by Crippen LogP contribution is -2.30. The summed E-state index contributed by atoms with van der Waals surface area (Å²) in [5.41, 5.74) is 2.54. The molecule has 0 amide bonds. The topological polar surface area (TPSA) is 86.9 Å². The number of rotatable bonds is 6. The number of aryl methyl sites for hydroxylation is 1. The van der Waals surface area contributed by atoms with Crippen molar-refractivity contribution >= 4 is 15.7 Å². The van der Waals surface area contributed by atoms with Crippen molar-refractivity contribution in [1.29, 1.82) is 0 Å². The number of hydrogen-bond donors (Lipinski definition) is 3. The van der Waals surface area contributed by atoms with E-state index in [2.05, 4.69) is 20.2 Å². The van der Waals surface area contributed by atoms with E-state index in [1.165, 1.54) is 0 Å². The molecule has 0 unspecified atom stereocenters. The summed E-state index contributed by atoms with van der Waals surface area (Å²) in [4.78, 5) is 0.250. The Morgan fingerprint density at radius 1 is 1.29 bits per heavy atom.